The molecule has 0 saturated heterocycles. The molecule has 3 rings (SSSR count). The Labute approximate surface area is 156 Å². The number of aryl methyl sites for hydroxylation is 1. The van der Waals surface area contributed by atoms with Gasteiger partial charge < -0.3 is 9.67 Å². The number of hydrogen-bond donors (Lipinski definition) is 2. The number of nitriles is 1. The number of anilines is 1. The Hall–Kier alpha value is -3.57. The summed E-state index contributed by atoms with van der Waals surface area (Å²) in [5, 5.41) is 18.0. The highest BCUT2D eigenvalue weighted by atomic mass is 32.2. The van der Waals surface area contributed by atoms with Crippen LogP contribution in [0.25, 0.3) is 5.69 Å². The van der Waals surface area contributed by atoms with Crippen molar-refractivity contribution in [1.82, 2.24) is 4.57 Å². The Morgan fingerprint density at radius 2 is 1.85 bits per heavy atom. The highest BCUT2D eigenvalue weighted by molar-refractivity contribution is 7.92. The van der Waals surface area contributed by atoms with E-state index in [0.29, 0.717) is 22.5 Å². The van der Waals surface area contributed by atoms with Crippen molar-refractivity contribution in [2.24, 2.45) is 0 Å². The number of benzene rings is 2. The maximum absolute atomic E-state index is 12.5. The topological polar surface area (TPSA) is 112 Å². The number of hydrogen-bond acceptors (Lipinski definition) is 4. The van der Waals surface area contributed by atoms with Crippen LogP contribution in [0.15, 0.2) is 65.7 Å². The first kappa shape index (κ1) is 18.2. The van der Waals surface area contributed by atoms with E-state index in [9.17, 15) is 18.3 Å². The van der Waals surface area contributed by atoms with Crippen molar-refractivity contribution in [2.45, 2.75) is 11.8 Å². The lowest BCUT2D eigenvalue weighted by molar-refractivity contribution is 0.0688. The Bertz CT molecular complexity index is 1160. The lowest BCUT2D eigenvalue weighted by atomic mass is 10.1. The first-order valence-corrected chi connectivity index (χ1v) is 9.35. The Kier molecular flexibility index (Phi) is 4.71. The van der Waals surface area contributed by atoms with E-state index in [1.165, 1.54) is 34.9 Å². The van der Waals surface area contributed by atoms with Crippen LogP contribution in [0.5, 0.6) is 0 Å². The number of carboxylic acid groups (broad SMARTS) is 1. The van der Waals surface area contributed by atoms with Gasteiger partial charge in [-0.2, -0.15) is 5.26 Å². The Morgan fingerprint density at radius 1 is 1.15 bits per heavy atom. The highest BCUT2D eigenvalue weighted by Crippen LogP contribution is 2.23. The van der Waals surface area contributed by atoms with Gasteiger partial charge in [-0.15, -0.1) is 0 Å². The van der Waals surface area contributed by atoms with E-state index in [1.807, 2.05) is 6.07 Å². The van der Waals surface area contributed by atoms with E-state index in [4.69, 9.17) is 5.26 Å². The first-order valence-electron chi connectivity index (χ1n) is 7.86. The predicted molar refractivity (Wildman–Crippen MR) is 99.4 cm³/mol. The molecule has 3 aromatic rings. The van der Waals surface area contributed by atoms with Gasteiger partial charge in [0.15, 0.2) is 0 Å². The lowest BCUT2D eigenvalue weighted by Gasteiger charge is -2.13. The first-order chi connectivity index (χ1) is 12.8. The maximum atomic E-state index is 12.5. The van der Waals surface area contributed by atoms with Crippen molar-refractivity contribution < 1.29 is 18.3 Å². The SMILES string of the molecule is Cc1cc(NS(=O)(=O)c2ccc(C#N)cc2)ccc1-n1cccc1C(=O)O. The van der Waals surface area contributed by atoms with Crippen LogP contribution in [0, 0.1) is 18.3 Å². The molecule has 0 saturated carbocycles. The van der Waals surface area contributed by atoms with Crippen molar-refractivity contribution in [3.63, 3.8) is 0 Å². The molecular formula is C19H15N3O4S. The van der Waals surface area contributed by atoms with Gasteiger partial charge in [0, 0.05) is 17.6 Å². The second kappa shape index (κ2) is 6.97. The number of nitrogens with zero attached hydrogens (tertiary/aromatic N) is 2. The third-order valence-electron chi connectivity index (χ3n) is 3.97. The fraction of sp³-hybridized carbons (Fsp3) is 0.0526. The standard InChI is InChI=1S/C19H15N3O4S/c1-13-11-15(6-9-17(13)22-10-2-3-18(22)19(23)24)21-27(25,26)16-7-4-14(12-20)5-8-16/h2-11,21H,1H3,(H,23,24). The van der Waals surface area contributed by atoms with E-state index in [0.717, 1.165) is 0 Å². The minimum absolute atomic E-state index is 0.0433. The number of carboxylic acids is 1. The van der Waals surface area contributed by atoms with Crippen molar-refractivity contribution in [3.8, 4) is 11.8 Å². The molecule has 0 bridgehead atoms. The van der Waals surface area contributed by atoms with E-state index in [1.54, 1.807) is 37.4 Å². The van der Waals surface area contributed by atoms with Gasteiger partial charge in [-0.25, -0.2) is 13.2 Å². The third kappa shape index (κ3) is 3.68. The monoisotopic (exact) mass is 381 g/mol. The van der Waals surface area contributed by atoms with Gasteiger partial charge in [-0.3, -0.25) is 4.72 Å². The molecule has 27 heavy (non-hydrogen) atoms. The summed E-state index contributed by atoms with van der Waals surface area (Å²) >= 11 is 0. The molecule has 2 aromatic carbocycles. The van der Waals surface area contributed by atoms with Crippen molar-refractivity contribution in [1.29, 1.82) is 5.26 Å². The quantitative estimate of drug-likeness (QED) is 0.705. The van der Waals surface area contributed by atoms with E-state index >= 15 is 0 Å². The second-order valence-corrected chi connectivity index (χ2v) is 7.49. The van der Waals surface area contributed by atoms with Gasteiger partial charge in [-0.05, 0) is 67.1 Å². The molecule has 0 aliphatic heterocycles. The molecule has 8 heteroatoms. The summed E-state index contributed by atoms with van der Waals surface area (Å²) in [6, 6.07) is 15.5. The van der Waals surface area contributed by atoms with Crippen LogP contribution >= 0.6 is 0 Å². The largest absolute Gasteiger partial charge is 0.477 e. The molecule has 0 aliphatic carbocycles. The number of aromatic nitrogens is 1. The molecule has 0 unspecified atom stereocenters. The number of aromatic carboxylic acids is 1. The fourth-order valence-corrected chi connectivity index (χ4v) is 3.73. The zero-order chi connectivity index (χ0) is 19.6. The van der Waals surface area contributed by atoms with E-state index < -0.39 is 16.0 Å². The summed E-state index contributed by atoms with van der Waals surface area (Å²) in [5.41, 5.74) is 2.18. The molecule has 0 atom stereocenters. The van der Waals surface area contributed by atoms with Crippen LogP contribution in [0.1, 0.15) is 21.6 Å². The molecular weight excluding hydrogens is 366 g/mol. The predicted octanol–water partition coefficient (Wildman–Crippen LogP) is 3.16. The van der Waals surface area contributed by atoms with Crippen molar-refractivity contribution >= 4 is 21.7 Å². The molecule has 2 N–H and O–H groups in total. The lowest BCUT2D eigenvalue weighted by Crippen LogP contribution is -2.13. The van der Waals surface area contributed by atoms with Crippen LogP contribution in [0.4, 0.5) is 5.69 Å². The fourth-order valence-electron chi connectivity index (χ4n) is 2.68. The van der Waals surface area contributed by atoms with Crippen LogP contribution in [0.2, 0.25) is 0 Å². The van der Waals surface area contributed by atoms with Crippen LogP contribution in [0.3, 0.4) is 0 Å². The van der Waals surface area contributed by atoms with Gasteiger partial charge in [0.1, 0.15) is 5.69 Å². The summed E-state index contributed by atoms with van der Waals surface area (Å²) < 4.78 is 29.0. The van der Waals surface area contributed by atoms with Crippen LogP contribution in [-0.2, 0) is 10.0 Å². The van der Waals surface area contributed by atoms with Crippen molar-refractivity contribution in [3.05, 3.63) is 77.6 Å². The molecule has 0 spiro atoms. The molecule has 1 aromatic heterocycles. The molecule has 136 valence electrons. The summed E-state index contributed by atoms with van der Waals surface area (Å²) in [4.78, 5) is 11.3. The second-order valence-electron chi connectivity index (χ2n) is 5.81. The van der Waals surface area contributed by atoms with Crippen LogP contribution < -0.4 is 4.72 Å². The van der Waals surface area contributed by atoms with E-state index in [-0.39, 0.29) is 10.6 Å². The number of carbonyl (C=O) groups is 1. The van der Waals surface area contributed by atoms with Gasteiger partial charge in [0.25, 0.3) is 10.0 Å². The zero-order valence-corrected chi connectivity index (χ0v) is 15.1. The molecule has 0 amide bonds. The molecule has 1 heterocycles. The molecule has 0 fully saturated rings. The molecule has 0 aliphatic rings. The normalized spacial score (nSPS) is 11.0. The van der Waals surface area contributed by atoms with Gasteiger partial charge >= 0.3 is 5.97 Å². The molecule has 0 radical (unpaired) electrons. The Balaban J connectivity index is 1.90. The zero-order valence-electron chi connectivity index (χ0n) is 14.2. The summed E-state index contributed by atoms with van der Waals surface area (Å²) in [5.74, 6) is -1.05. The van der Waals surface area contributed by atoms with Gasteiger partial charge in [-0.1, -0.05) is 0 Å². The average Bonchev–Trinajstić information content (AvgIpc) is 3.11. The average molecular weight is 381 g/mol. The number of sulfonamides is 1. The summed E-state index contributed by atoms with van der Waals surface area (Å²) in [7, 11) is -3.80. The minimum atomic E-state index is -3.80. The number of nitrogens with one attached hydrogen (secondary N) is 1. The highest BCUT2D eigenvalue weighted by Gasteiger charge is 2.16. The van der Waals surface area contributed by atoms with E-state index in [2.05, 4.69) is 4.72 Å². The molecule has 7 nitrogen and oxygen atoms in total. The Morgan fingerprint density at radius 3 is 2.44 bits per heavy atom. The summed E-state index contributed by atoms with van der Waals surface area (Å²) in [6.07, 6.45) is 1.63. The maximum Gasteiger partial charge on any atom is 0.352 e. The van der Waals surface area contributed by atoms with Crippen LogP contribution in [-0.4, -0.2) is 24.1 Å². The van der Waals surface area contributed by atoms with Crippen molar-refractivity contribution in [2.75, 3.05) is 4.72 Å². The van der Waals surface area contributed by atoms with Gasteiger partial charge in [0.2, 0.25) is 0 Å². The smallest absolute Gasteiger partial charge is 0.352 e. The third-order valence-corrected chi connectivity index (χ3v) is 5.37. The van der Waals surface area contributed by atoms with Gasteiger partial charge in [0.05, 0.1) is 16.5 Å². The number of rotatable bonds is 5. The minimum Gasteiger partial charge on any atom is -0.477 e. The summed E-state index contributed by atoms with van der Waals surface area (Å²) in [6.45, 7) is 1.76.